The first-order chi connectivity index (χ1) is 34.7. The number of para-hydroxylation sites is 2. The molecule has 0 saturated heterocycles. The zero-order chi connectivity index (χ0) is 51.1. The number of fused-ring (bicyclic) bond motifs is 5. The number of aryl methyl sites for hydroxylation is 1. The number of nitrogens with one attached hydrogen (secondary N) is 3. The number of amides is 4. The molecule has 3 heterocycles. The predicted molar refractivity (Wildman–Crippen MR) is 278 cm³/mol. The van der Waals surface area contributed by atoms with Crippen LogP contribution in [-0.4, -0.2) is 73.7 Å². The Morgan fingerprint density at radius 3 is 2.24 bits per heavy atom. The number of benzene rings is 5. The van der Waals surface area contributed by atoms with Crippen molar-refractivity contribution in [3.05, 3.63) is 130 Å². The van der Waals surface area contributed by atoms with Crippen molar-refractivity contribution in [3.8, 4) is 17.2 Å². The Morgan fingerprint density at radius 2 is 1.51 bits per heavy atom. The van der Waals surface area contributed by atoms with E-state index in [4.69, 9.17) is 19.2 Å². The van der Waals surface area contributed by atoms with Crippen LogP contribution in [0.4, 0.5) is 28.4 Å². The van der Waals surface area contributed by atoms with Crippen LogP contribution in [0, 0.1) is 12.8 Å². The highest BCUT2D eigenvalue weighted by Crippen LogP contribution is 2.41. The molecule has 3 aliphatic heterocycles. The third-order valence-electron chi connectivity index (χ3n) is 13.3. The van der Waals surface area contributed by atoms with Gasteiger partial charge in [0.2, 0.25) is 11.8 Å². The molecule has 0 radical (unpaired) electrons. The van der Waals surface area contributed by atoms with Crippen molar-refractivity contribution in [2.75, 3.05) is 40.6 Å². The van der Waals surface area contributed by atoms with Crippen LogP contribution in [0.25, 0.3) is 0 Å². The van der Waals surface area contributed by atoms with Crippen molar-refractivity contribution in [2.45, 2.75) is 105 Å². The summed E-state index contributed by atoms with van der Waals surface area (Å²) >= 11 is 0. The largest absolute Gasteiger partial charge is 0.493 e. The molecule has 3 aliphatic rings. The van der Waals surface area contributed by atoms with Gasteiger partial charge < -0.3 is 39.9 Å². The summed E-state index contributed by atoms with van der Waals surface area (Å²) in [6.07, 6.45) is 4.87. The molecule has 3 atom stereocenters. The van der Waals surface area contributed by atoms with Gasteiger partial charge in [0.15, 0.2) is 17.3 Å². The van der Waals surface area contributed by atoms with Crippen molar-refractivity contribution in [2.24, 2.45) is 10.9 Å². The van der Waals surface area contributed by atoms with Crippen LogP contribution in [0.1, 0.15) is 108 Å². The van der Waals surface area contributed by atoms with Gasteiger partial charge in [0, 0.05) is 80.1 Å². The molecule has 15 nitrogen and oxygen atoms in total. The lowest BCUT2D eigenvalue weighted by molar-refractivity contribution is -0.129. The Kier molecular flexibility index (Phi) is 15.8. The number of Topliss-reactive ketones (excluding diaryl/α,β-unsaturated/α-hetero) is 2. The lowest BCUT2D eigenvalue weighted by Crippen LogP contribution is -2.39. The van der Waals surface area contributed by atoms with Crippen molar-refractivity contribution < 1.29 is 43.0 Å². The van der Waals surface area contributed by atoms with Crippen LogP contribution in [0.2, 0.25) is 0 Å². The maximum Gasteiger partial charge on any atom is 0.261 e. The topological polar surface area (TPSA) is 185 Å². The zero-order valence-electron chi connectivity index (χ0n) is 41.8. The van der Waals surface area contributed by atoms with E-state index in [0.29, 0.717) is 95.3 Å². The number of ketones is 2. The quantitative estimate of drug-likeness (QED) is 0.0599. The molecule has 0 spiro atoms. The summed E-state index contributed by atoms with van der Waals surface area (Å²) in [5, 5.41) is 9.07. The van der Waals surface area contributed by atoms with Crippen LogP contribution in [-0.2, 0) is 45.2 Å². The highest BCUT2D eigenvalue weighted by molar-refractivity contribution is 6.15. The van der Waals surface area contributed by atoms with Crippen molar-refractivity contribution >= 4 is 69.8 Å². The van der Waals surface area contributed by atoms with E-state index in [1.165, 1.54) is 14.0 Å². The average Bonchev–Trinajstić information content (AvgIpc) is 3.94. The van der Waals surface area contributed by atoms with E-state index >= 15 is 0 Å². The smallest absolute Gasteiger partial charge is 0.261 e. The van der Waals surface area contributed by atoms with Gasteiger partial charge in [-0.25, -0.2) is 0 Å². The second kappa shape index (κ2) is 22.5. The summed E-state index contributed by atoms with van der Waals surface area (Å²) in [5.41, 5.74) is 8.58. The molecular formula is C57H62N6O9. The zero-order valence-corrected chi connectivity index (χ0v) is 41.8. The van der Waals surface area contributed by atoms with Crippen molar-refractivity contribution in [1.82, 2.24) is 5.32 Å². The third-order valence-corrected chi connectivity index (χ3v) is 13.3. The van der Waals surface area contributed by atoms with E-state index in [1.54, 1.807) is 49.2 Å². The van der Waals surface area contributed by atoms with Gasteiger partial charge in [-0.05, 0) is 117 Å². The van der Waals surface area contributed by atoms with E-state index in [9.17, 15) is 28.8 Å². The molecule has 0 aliphatic carbocycles. The number of unbranched alkanes of at least 4 members (excludes halogenated alkanes) is 1. The fourth-order valence-electron chi connectivity index (χ4n) is 9.45. The lowest BCUT2D eigenvalue weighted by atomic mass is 9.99. The number of nitrogens with zero attached hydrogens (tertiary/aromatic N) is 3. The number of anilines is 4. The molecule has 5 aromatic carbocycles. The fraction of sp³-hybridized carbons (Fsp3) is 0.351. The van der Waals surface area contributed by atoms with Gasteiger partial charge in [-0.15, -0.1) is 0 Å². The Hall–Kier alpha value is -7.81. The number of hydrogen-bond acceptors (Lipinski definition) is 11. The number of hydrogen-bond donors (Lipinski definition) is 3. The van der Waals surface area contributed by atoms with Gasteiger partial charge in [-0.2, -0.15) is 0 Å². The lowest BCUT2D eigenvalue weighted by Gasteiger charge is -2.22. The summed E-state index contributed by atoms with van der Waals surface area (Å²) in [7, 11) is 1.51. The second-order valence-electron chi connectivity index (χ2n) is 18.8. The highest BCUT2D eigenvalue weighted by atomic mass is 16.5. The van der Waals surface area contributed by atoms with Crippen LogP contribution in [0.5, 0.6) is 17.2 Å². The molecule has 15 heteroatoms. The summed E-state index contributed by atoms with van der Waals surface area (Å²) in [5.74, 6) is -0.670. The molecular weight excluding hydrogens is 913 g/mol. The molecule has 8 rings (SSSR count). The van der Waals surface area contributed by atoms with E-state index in [1.807, 2.05) is 79.4 Å². The van der Waals surface area contributed by atoms with Gasteiger partial charge in [0.25, 0.3) is 11.8 Å². The van der Waals surface area contributed by atoms with Crippen LogP contribution < -0.4 is 40.0 Å². The SMILES string of the molecule is CCNc1cc(OCc2cc(COc3cc4c(cc3OC)C(=O)N3c5ccccc5C[C@H]3C=N4)cc(NC(=O)C(C)CC(=O)C(C)NC(=O)CCCCC(C)=O)c2)c(C)cc1C(=O)N1CCc2ccccc21. The molecule has 4 amide bonds. The minimum atomic E-state index is -0.798. The van der Waals surface area contributed by atoms with E-state index in [-0.39, 0.29) is 61.4 Å². The Labute approximate surface area is 420 Å². The summed E-state index contributed by atoms with van der Waals surface area (Å²) in [6.45, 7) is 9.91. The van der Waals surface area contributed by atoms with E-state index < -0.39 is 17.9 Å². The minimum absolute atomic E-state index is 0.0195. The van der Waals surface area contributed by atoms with E-state index in [0.717, 1.165) is 34.5 Å². The maximum atomic E-state index is 14.1. The highest BCUT2D eigenvalue weighted by Gasteiger charge is 2.37. The average molecular weight is 975 g/mol. The Balaban J connectivity index is 1.01. The van der Waals surface area contributed by atoms with Gasteiger partial charge in [-0.3, -0.25) is 33.9 Å². The van der Waals surface area contributed by atoms with Crippen molar-refractivity contribution in [3.63, 3.8) is 0 Å². The molecule has 0 saturated carbocycles. The summed E-state index contributed by atoms with van der Waals surface area (Å²) < 4.78 is 18.7. The summed E-state index contributed by atoms with van der Waals surface area (Å²) in [4.78, 5) is 87.2. The number of methoxy groups -OCH3 is 1. The number of ether oxygens (including phenoxy) is 3. The normalized spacial score (nSPS) is 15.0. The first-order valence-electron chi connectivity index (χ1n) is 24.7. The molecule has 72 heavy (non-hydrogen) atoms. The van der Waals surface area contributed by atoms with Crippen LogP contribution >= 0.6 is 0 Å². The first kappa shape index (κ1) is 50.6. The van der Waals surface area contributed by atoms with Gasteiger partial charge in [-0.1, -0.05) is 43.3 Å². The monoisotopic (exact) mass is 974 g/mol. The molecule has 5 aromatic rings. The van der Waals surface area contributed by atoms with Gasteiger partial charge in [0.05, 0.1) is 41.7 Å². The molecule has 0 bridgehead atoms. The number of carbonyl (C=O) groups is 6. The molecule has 3 N–H and O–H groups in total. The third kappa shape index (κ3) is 11.5. The Bertz CT molecular complexity index is 2950. The summed E-state index contributed by atoms with van der Waals surface area (Å²) in [6, 6.07) is 27.3. The molecule has 374 valence electrons. The number of carbonyl (C=O) groups excluding carboxylic acids is 6. The van der Waals surface area contributed by atoms with Crippen LogP contribution in [0.3, 0.4) is 0 Å². The maximum absolute atomic E-state index is 14.1. The Morgan fingerprint density at radius 1 is 0.819 bits per heavy atom. The molecule has 0 aromatic heterocycles. The second-order valence-corrected chi connectivity index (χ2v) is 18.8. The van der Waals surface area contributed by atoms with Crippen LogP contribution in [0.15, 0.2) is 96.0 Å². The number of aliphatic imine (C=N–C) groups is 1. The molecule has 0 fully saturated rings. The van der Waals surface area contributed by atoms with E-state index in [2.05, 4.69) is 22.0 Å². The standard InChI is InChI=1S/C57H62N6O9/c1-7-58-46-29-51(34(2)22-44(46)56(68)62-21-20-40-15-9-11-17-48(40)62)71-32-38-24-39(26-42(25-38)61-55(67)35(3)23-50(65)37(5)60-54(66)19-13-8-14-36(4)64)33-72-53-30-47-45(28-52(53)70-6)57(69)63-43(31-59-47)27-41-16-10-12-18-49(41)63/h9-12,15-18,22,24-26,28-31,35,37,43,58H,7-8,13-14,19-21,23,27,32-33H2,1-6H3,(H,60,66)(H,61,67)/t35?,37?,43-/m0/s1. The molecule has 2 unspecified atom stereocenters. The number of rotatable bonds is 21. The minimum Gasteiger partial charge on any atom is -0.493 e. The van der Waals surface area contributed by atoms with Gasteiger partial charge >= 0.3 is 0 Å². The first-order valence-corrected chi connectivity index (χ1v) is 24.7. The van der Waals surface area contributed by atoms with Crippen molar-refractivity contribution in [1.29, 1.82) is 0 Å². The fourth-order valence-corrected chi connectivity index (χ4v) is 9.45. The predicted octanol–water partition coefficient (Wildman–Crippen LogP) is 9.27. The van der Waals surface area contributed by atoms with Gasteiger partial charge in [0.1, 0.15) is 24.7 Å².